The lowest BCUT2D eigenvalue weighted by atomic mass is 10.1. The summed E-state index contributed by atoms with van der Waals surface area (Å²) in [6.45, 7) is 4.10. The molecule has 0 saturated heterocycles. The van der Waals surface area contributed by atoms with Crippen molar-refractivity contribution in [3.63, 3.8) is 0 Å². The zero-order valence-corrected chi connectivity index (χ0v) is 12.0. The number of fused-ring (bicyclic) bond motifs is 1. The first kappa shape index (κ1) is 12.6. The van der Waals surface area contributed by atoms with Crippen LogP contribution in [0.5, 0.6) is 0 Å². The van der Waals surface area contributed by atoms with Crippen molar-refractivity contribution in [3.8, 4) is 0 Å². The maximum atomic E-state index is 4.37. The van der Waals surface area contributed by atoms with E-state index in [4.69, 9.17) is 0 Å². The Labute approximate surface area is 116 Å². The minimum atomic E-state index is 0.113. The van der Waals surface area contributed by atoms with E-state index in [2.05, 4.69) is 32.4 Å². The van der Waals surface area contributed by atoms with Crippen LogP contribution in [0, 0.1) is 6.92 Å². The molecule has 0 radical (unpaired) electrons. The molecule has 0 aromatic carbocycles. The third kappa shape index (κ3) is 2.01. The predicted octanol–water partition coefficient (Wildman–Crippen LogP) is 1.58. The topological polar surface area (TPSA) is 73.5 Å². The Morgan fingerprint density at radius 1 is 1.25 bits per heavy atom. The number of nitrogens with one attached hydrogen (secondary N) is 1. The molecule has 0 spiro atoms. The number of nitrogens with zero attached hydrogens (tertiary/aromatic N) is 6. The average molecular weight is 271 g/mol. The summed E-state index contributed by atoms with van der Waals surface area (Å²) >= 11 is 0. The number of rotatable bonds is 3. The van der Waals surface area contributed by atoms with Crippen molar-refractivity contribution in [3.05, 3.63) is 30.0 Å². The lowest BCUT2D eigenvalue weighted by Crippen LogP contribution is -2.09. The van der Waals surface area contributed by atoms with E-state index in [1.807, 2.05) is 31.9 Å². The molecule has 1 unspecified atom stereocenters. The third-order valence-electron chi connectivity index (χ3n) is 3.40. The molecule has 0 aliphatic carbocycles. The normalized spacial score (nSPS) is 12.8. The lowest BCUT2D eigenvalue weighted by Gasteiger charge is -2.14. The summed E-state index contributed by atoms with van der Waals surface area (Å²) < 4.78 is 3.56. The van der Waals surface area contributed by atoms with E-state index in [9.17, 15) is 0 Å². The Bertz CT molecular complexity index is 755. The summed E-state index contributed by atoms with van der Waals surface area (Å²) in [6.07, 6.45) is 5.35. The average Bonchev–Trinajstić information content (AvgIpc) is 2.94. The van der Waals surface area contributed by atoms with Crippen molar-refractivity contribution in [2.24, 2.45) is 14.1 Å². The molecule has 7 nitrogen and oxygen atoms in total. The van der Waals surface area contributed by atoms with Gasteiger partial charge in [-0.1, -0.05) is 0 Å². The van der Waals surface area contributed by atoms with Crippen LogP contribution in [-0.4, -0.2) is 29.5 Å². The van der Waals surface area contributed by atoms with Crippen molar-refractivity contribution in [2.45, 2.75) is 19.9 Å². The van der Waals surface area contributed by atoms with Crippen LogP contribution in [0.2, 0.25) is 0 Å². The van der Waals surface area contributed by atoms with Gasteiger partial charge < -0.3 is 5.32 Å². The molecule has 3 aromatic rings. The van der Waals surface area contributed by atoms with Crippen LogP contribution in [0.15, 0.2) is 18.7 Å². The highest BCUT2D eigenvalue weighted by Crippen LogP contribution is 2.24. The van der Waals surface area contributed by atoms with Crippen molar-refractivity contribution >= 4 is 16.9 Å². The smallest absolute Gasteiger partial charge is 0.163 e. The summed E-state index contributed by atoms with van der Waals surface area (Å²) in [5.74, 6) is 0.791. The minimum Gasteiger partial charge on any atom is -0.363 e. The molecule has 0 saturated carbocycles. The van der Waals surface area contributed by atoms with Gasteiger partial charge in [0.1, 0.15) is 12.1 Å². The fraction of sp³-hybridized carbons (Fsp3) is 0.385. The molecule has 3 aromatic heterocycles. The van der Waals surface area contributed by atoms with Crippen LogP contribution in [0.25, 0.3) is 11.0 Å². The number of aryl methyl sites for hydroxylation is 3. The van der Waals surface area contributed by atoms with E-state index in [1.165, 1.54) is 0 Å². The van der Waals surface area contributed by atoms with Gasteiger partial charge in [-0.3, -0.25) is 9.36 Å². The summed E-state index contributed by atoms with van der Waals surface area (Å²) in [5.41, 5.74) is 2.99. The molecule has 1 N–H and O–H groups in total. The highest BCUT2D eigenvalue weighted by atomic mass is 15.3. The Morgan fingerprint density at radius 2 is 2.05 bits per heavy atom. The molecule has 0 amide bonds. The second-order valence-corrected chi connectivity index (χ2v) is 4.94. The van der Waals surface area contributed by atoms with Gasteiger partial charge in [0.2, 0.25) is 0 Å². The van der Waals surface area contributed by atoms with Crippen LogP contribution in [0.3, 0.4) is 0 Å². The van der Waals surface area contributed by atoms with E-state index < -0.39 is 0 Å². The largest absolute Gasteiger partial charge is 0.363 e. The van der Waals surface area contributed by atoms with Gasteiger partial charge in [-0.05, 0) is 13.8 Å². The molecule has 1 atom stereocenters. The molecule has 0 aliphatic rings. The number of hydrogen-bond acceptors (Lipinski definition) is 5. The SMILES string of the molecule is Cc1nn(C)cc1C(C)Nc1ncnc2c1cnn2C. The van der Waals surface area contributed by atoms with Gasteiger partial charge in [-0.15, -0.1) is 0 Å². The van der Waals surface area contributed by atoms with Gasteiger partial charge in [-0.2, -0.15) is 10.2 Å². The Kier molecular flexibility index (Phi) is 2.89. The standard InChI is InChI=1S/C13H17N7/c1-8(11-6-19(3)18-9(11)2)17-12-10-5-16-20(4)13(10)15-7-14-12/h5-8H,1-4H3,(H,14,15,17). The van der Waals surface area contributed by atoms with Gasteiger partial charge in [0.05, 0.1) is 23.3 Å². The van der Waals surface area contributed by atoms with Gasteiger partial charge in [0.25, 0.3) is 0 Å². The first-order valence-electron chi connectivity index (χ1n) is 6.45. The second kappa shape index (κ2) is 4.59. The second-order valence-electron chi connectivity index (χ2n) is 4.94. The predicted molar refractivity (Wildman–Crippen MR) is 76.3 cm³/mol. The zero-order chi connectivity index (χ0) is 14.3. The maximum Gasteiger partial charge on any atom is 0.163 e. The molecule has 20 heavy (non-hydrogen) atoms. The molecule has 0 bridgehead atoms. The number of hydrogen-bond donors (Lipinski definition) is 1. The first-order valence-corrected chi connectivity index (χ1v) is 6.45. The zero-order valence-electron chi connectivity index (χ0n) is 12.0. The fourth-order valence-corrected chi connectivity index (χ4v) is 2.40. The van der Waals surface area contributed by atoms with Crippen LogP contribution >= 0.6 is 0 Å². The van der Waals surface area contributed by atoms with Crippen LogP contribution in [-0.2, 0) is 14.1 Å². The number of aromatic nitrogens is 6. The van der Waals surface area contributed by atoms with E-state index in [0.29, 0.717) is 0 Å². The van der Waals surface area contributed by atoms with E-state index >= 15 is 0 Å². The molecular weight excluding hydrogens is 254 g/mol. The summed E-state index contributed by atoms with van der Waals surface area (Å²) in [5, 5.41) is 12.9. The fourth-order valence-electron chi connectivity index (χ4n) is 2.40. The molecule has 3 rings (SSSR count). The van der Waals surface area contributed by atoms with Gasteiger partial charge in [-0.25, -0.2) is 9.97 Å². The number of anilines is 1. The molecule has 0 fully saturated rings. The van der Waals surface area contributed by atoms with Crippen molar-refractivity contribution < 1.29 is 0 Å². The molecule has 0 aliphatic heterocycles. The lowest BCUT2D eigenvalue weighted by molar-refractivity contribution is 0.756. The van der Waals surface area contributed by atoms with E-state index in [0.717, 1.165) is 28.1 Å². The monoisotopic (exact) mass is 271 g/mol. The molecule has 3 heterocycles. The maximum absolute atomic E-state index is 4.37. The summed E-state index contributed by atoms with van der Waals surface area (Å²) in [4.78, 5) is 8.56. The van der Waals surface area contributed by atoms with E-state index in [-0.39, 0.29) is 6.04 Å². The van der Waals surface area contributed by atoms with Crippen LogP contribution in [0.4, 0.5) is 5.82 Å². The van der Waals surface area contributed by atoms with Crippen LogP contribution < -0.4 is 5.32 Å². The first-order chi connectivity index (χ1) is 9.56. The van der Waals surface area contributed by atoms with Gasteiger partial charge in [0.15, 0.2) is 5.65 Å². The highest BCUT2D eigenvalue weighted by molar-refractivity contribution is 5.86. The van der Waals surface area contributed by atoms with Crippen molar-refractivity contribution in [2.75, 3.05) is 5.32 Å². The molecular formula is C13H17N7. The van der Waals surface area contributed by atoms with Crippen molar-refractivity contribution in [1.82, 2.24) is 29.5 Å². The quantitative estimate of drug-likeness (QED) is 0.783. The summed E-state index contributed by atoms with van der Waals surface area (Å²) in [6, 6.07) is 0.113. The van der Waals surface area contributed by atoms with Gasteiger partial charge in [0, 0.05) is 25.9 Å². The Hall–Kier alpha value is -2.44. The molecule has 7 heteroatoms. The third-order valence-corrected chi connectivity index (χ3v) is 3.40. The van der Waals surface area contributed by atoms with E-state index in [1.54, 1.807) is 17.2 Å². The Morgan fingerprint density at radius 3 is 2.75 bits per heavy atom. The van der Waals surface area contributed by atoms with Crippen molar-refractivity contribution in [1.29, 1.82) is 0 Å². The molecule has 104 valence electrons. The Balaban J connectivity index is 1.95. The van der Waals surface area contributed by atoms with Gasteiger partial charge >= 0.3 is 0 Å². The highest BCUT2D eigenvalue weighted by Gasteiger charge is 2.14. The summed E-state index contributed by atoms with van der Waals surface area (Å²) in [7, 11) is 3.79. The minimum absolute atomic E-state index is 0.113. The van der Waals surface area contributed by atoms with Crippen LogP contribution in [0.1, 0.15) is 24.2 Å².